The predicted molar refractivity (Wildman–Crippen MR) is 62.2 cm³/mol. The first-order valence-electron chi connectivity index (χ1n) is 4.42. The van der Waals surface area contributed by atoms with E-state index in [0.29, 0.717) is 5.02 Å². The average Bonchev–Trinajstić information content (AvgIpc) is 2.22. The Morgan fingerprint density at radius 3 is 2.67 bits per heavy atom. The molecule has 0 saturated carbocycles. The lowest BCUT2D eigenvalue weighted by atomic mass is 10.1. The first-order chi connectivity index (χ1) is 7.16. The van der Waals surface area contributed by atoms with Crippen LogP contribution in [0.2, 0.25) is 10.3 Å². The maximum atomic E-state index is 5.93. The summed E-state index contributed by atoms with van der Waals surface area (Å²) in [6.07, 6.45) is 1.63. The number of benzene rings is 1. The summed E-state index contributed by atoms with van der Waals surface area (Å²) in [7, 11) is 0. The van der Waals surface area contributed by atoms with Crippen LogP contribution in [0.5, 0.6) is 0 Å². The fourth-order valence-electron chi connectivity index (χ4n) is 1.36. The van der Waals surface area contributed by atoms with Gasteiger partial charge in [0.15, 0.2) is 0 Å². The lowest BCUT2D eigenvalue weighted by Crippen LogP contribution is -1.89. The number of nitrogens with zero attached hydrogens (tertiary/aromatic N) is 2. The Kier molecular flexibility index (Phi) is 2.89. The van der Waals surface area contributed by atoms with Crippen LogP contribution in [0.25, 0.3) is 11.3 Å². The molecule has 0 atom stereocenters. The highest BCUT2D eigenvalue weighted by molar-refractivity contribution is 6.31. The van der Waals surface area contributed by atoms with Gasteiger partial charge in [-0.2, -0.15) is 0 Å². The second kappa shape index (κ2) is 4.17. The van der Waals surface area contributed by atoms with Crippen molar-refractivity contribution in [2.75, 3.05) is 0 Å². The summed E-state index contributed by atoms with van der Waals surface area (Å²) in [5, 5.41) is 0.928. The minimum Gasteiger partial charge on any atom is -0.226 e. The first kappa shape index (κ1) is 10.4. The molecule has 0 N–H and O–H groups in total. The standard InChI is InChI=1S/C11H8Cl2N2/c1-7-2-3-8(12)6-9(7)10-4-5-14-11(13)15-10/h2-6H,1H3. The van der Waals surface area contributed by atoms with Crippen molar-refractivity contribution in [3.05, 3.63) is 46.3 Å². The maximum absolute atomic E-state index is 5.93. The third-order valence-corrected chi connectivity index (χ3v) is 2.52. The lowest BCUT2D eigenvalue weighted by Gasteiger charge is -2.05. The van der Waals surface area contributed by atoms with E-state index in [1.807, 2.05) is 31.2 Å². The van der Waals surface area contributed by atoms with Crippen molar-refractivity contribution in [3.63, 3.8) is 0 Å². The van der Waals surface area contributed by atoms with Crippen LogP contribution in [0, 0.1) is 6.92 Å². The van der Waals surface area contributed by atoms with Crippen LogP contribution in [-0.4, -0.2) is 9.97 Å². The Labute approximate surface area is 97.9 Å². The highest BCUT2D eigenvalue weighted by atomic mass is 35.5. The van der Waals surface area contributed by atoms with Crippen LogP contribution >= 0.6 is 23.2 Å². The second-order valence-electron chi connectivity index (χ2n) is 3.17. The van der Waals surface area contributed by atoms with Gasteiger partial charge in [0.2, 0.25) is 5.28 Å². The molecular weight excluding hydrogens is 231 g/mol. The minimum atomic E-state index is 0.242. The van der Waals surface area contributed by atoms with Crippen molar-refractivity contribution in [2.24, 2.45) is 0 Å². The number of halogens is 2. The molecule has 2 aromatic rings. The first-order valence-corrected chi connectivity index (χ1v) is 5.17. The van der Waals surface area contributed by atoms with Gasteiger partial charge in [0.1, 0.15) is 0 Å². The SMILES string of the molecule is Cc1ccc(Cl)cc1-c1ccnc(Cl)n1. The molecule has 15 heavy (non-hydrogen) atoms. The Bertz CT molecular complexity index is 498. The molecular formula is C11H8Cl2N2. The van der Waals surface area contributed by atoms with Crippen molar-refractivity contribution < 1.29 is 0 Å². The summed E-state index contributed by atoms with van der Waals surface area (Å²) >= 11 is 11.7. The molecule has 2 nitrogen and oxygen atoms in total. The molecule has 0 saturated heterocycles. The van der Waals surface area contributed by atoms with Gasteiger partial charge in [-0.25, -0.2) is 9.97 Å². The lowest BCUT2D eigenvalue weighted by molar-refractivity contribution is 1.17. The fourth-order valence-corrected chi connectivity index (χ4v) is 1.67. The van der Waals surface area contributed by atoms with Crippen molar-refractivity contribution in [3.8, 4) is 11.3 Å². The molecule has 1 aromatic heterocycles. The Hall–Kier alpha value is -1.12. The molecule has 0 aliphatic carbocycles. The largest absolute Gasteiger partial charge is 0.226 e. The van der Waals surface area contributed by atoms with Gasteiger partial charge in [0.25, 0.3) is 0 Å². The van der Waals surface area contributed by atoms with Gasteiger partial charge >= 0.3 is 0 Å². The molecule has 76 valence electrons. The number of rotatable bonds is 1. The number of aryl methyl sites for hydroxylation is 1. The molecule has 4 heteroatoms. The Balaban J connectivity index is 2.58. The molecule has 1 aromatic carbocycles. The van der Waals surface area contributed by atoms with Crippen molar-refractivity contribution in [2.45, 2.75) is 6.92 Å². The van der Waals surface area contributed by atoms with E-state index in [2.05, 4.69) is 9.97 Å². The summed E-state index contributed by atoms with van der Waals surface area (Å²) in [5.74, 6) is 0. The fraction of sp³-hybridized carbons (Fsp3) is 0.0909. The molecule has 0 radical (unpaired) electrons. The van der Waals surface area contributed by atoms with Crippen molar-refractivity contribution in [1.82, 2.24) is 9.97 Å². The minimum absolute atomic E-state index is 0.242. The summed E-state index contributed by atoms with van der Waals surface area (Å²) in [5.41, 5.74) is 2.87. The number of aromatic nitrogens is 2. The van der Waals surface area contributed by atoms with Crippen molar-refractivity contribution >= 4 is 23.2 Å². The van der Waals surface area contributed by atoms with Gasteiger partial charge < -0.3 is 0 Å². The zero-order valence-corrected chi connectivity index (χ0v) is 9.55. The van der Waals surface area contributed by atoms with Gasteiger partial charge in [0, 0.05) is 16.8 Å². The van der Waals surface area contributed by atoms with E-state index in [9.17, 15) is 0 Å². The monoisotopic (exact) mass is 238 g/mol. The summed E-state index contributed by atoms with van der Waals surface area (Å²) in [6, 6.07) is 7.48. The highest BCUT2D eigenvalue weighted by Crippen LogP contribution is 2.25. The Morgan fingerprint density at radius 1 is 1.13 bits per heavy atom. The quantitative estimate of drug-likeness (QED) is 0.708. The van der Waals surface area contributed by atoms with Gasteiger partial charge in [-0.1, -0.05) is 17.7 Å². The molecule has 0 amide bonds. The Morgan fingerprint density at radius 2 is 1.93 bits per heavy atom. The molecule has 0 aliphatic heterocycles. The summed E-state index contributed by atoms with van der Waals surface area (Å²) < 4.78 is 0. The molecule has 0 fully saturated rings. The molecule has 0 bridgehead atoms. The molecule has 0 unspecified atom stereocenters. The van der Waals surface area contributed by atoms with Crippen LogP contribution in [0.15, 0.2) is 30.5 Å². The zero-order valence-electron chi connectivity index (χ0n) is 8.04. The van der Waals surface area contributed by atoms with E-state index >= 15 is 0 Å². The van der Waals surface area contributed by atoms with Gasteiger partial charge in [0.05, 0.1) is 5.69 Å². The summed E-state index contributed by atoms with van der Waals surface area (Å²) in [6.45, 7) is 2.00. The normalized spacial score (nSPS) is 10.3. The molecule has 0 spiro atoms. The van der Waals surface area contributed by atoms with Crippen LogP contribution in [0.4, 0.5) is 0 Å². The van der Waals surface area contributed by atoms with Crippen LogP contribution in [-0.2, 0) is 0 Å². The predicted octanol–water partition coefficient (Wildman–Crippen LogP) is 3.76. The average molecular weight is 239 g/mol. The van der Waals surface area contributed by atoms with E-state index in [0.717, 1.165) is 16.8 Å². The smallest absolute Gasteiger partial charge is 0.222 e. The third-order valence-electron chi connectivity index (χ3n) is 2.10. The van der Waals surface area contributed by atoms with Gasteiger partial charge in [-0.05, 0) is 42.3 Å². The number of hydrogen-bond donors (Lipinski definition) is 0. The van der Waals surface area contributed by atoms with E-state index in [1.165, 1.54) is 0 Å². The van der Waals surface area contributed by atoms with Crippen LogP contribution in [0.3, 0.4) is 0 Å². The second-order valence-corrected chi connectivity index (χ2v) is 3.94. The number of hydrogen-bond acceptors (Lipinski definition) is 2. The van der Waals surface area contributed by atoms with E-state index in [4.69, 9.17) is 23.2 Å². The molecule has 0 aliphatic rings. The maximum Gasteiger partial charge on any atom is 0.222 e. The van der Waals surface area contributed by atoms with Gasteiger partial charge in [-0.15, -0.1) is 0 Å². The molecule has 1 heterocycles. The zero-order chi connectivity index (χ0) is 10.8. The highest BCUT2D eigenvalue weighted by Gasteiger charge is 2.04. The van der Waals surface area contributed by atoms with Gasteiger partial charge in [-0.3, -0.25) is 0 Å². The van der Waals surface area contributed by atoms with Crippen LogP contribution < -0.4 is 0 Å². The van der Waals surface area contributed by atoms with Crippen LogP contribution in [0.1, 0.15) is 5.56 Å². The molecule has 2 rings (SSSR count). The third kappa shape index (κ3) is 2.28. The summed E-state index contributed by atoms with van der Waals surface area (Å²) in [4.78, 5) is 7.98. The van der Waals surface area contributed by atoms with Crippen molar-refractivity contribution in [1.29, 1.82) is 0 Å². The topological polar surface area (TPSA) is 25.8 Å². The van der Waals surface area contributed by atoms with E-state index < -0.39 is 0 Å². The van der Waals surface area contributed by atoms with E-state index in [1.54, 1.807) is 6.20 Å². The van der Waals surface area contributed by atoms with E-state index in [-0.39, 0.29) is 5.28 Å².